The van der Waals surface area contributed by atoms with Gasteiger partial charge in [0.25, 0.3) is 10.9 Å². The van der Waals surface area contributed by atoms with Crippen LogP contribution in [0.15, 0.2) is 34.0 Å². The first-order valence-electron chi connectivity index (χ1n) is 5.98. The second kappa shape index (κ2) is 5.62. The zero-order valence-electron chi connectivity index (χ0n) is 10.5. The summed E-state index contributed by atoms with van der Waals surface area (Å²) in [7, 11) is 0. The lowest BCUT2D eigenvalue weighted by atomic mass is 10.2. The monoisotopic (exact) mass is 261 g/mol. The maximum Gasteiger partial charge on any atom is 0.253 e. The van der Waals surface area contributed by atoms with Gasteiger partial charge in [0.05, 0.1) is 18.3 Å². The van der Waals surface area contributed by atoms with Gasteiger partial charge in [0, 0.05) is 12.7 Å². The highest BCUT2D eigenvalue weighted by molar-refractivity contribution is 5.73. The molecular formula is C13H15N3O3. The van der Waals surface area contributed by atoms with E-state index >= 15 is 0 Å². The Hall–Kier alpha value is -2.21. The summed E-state index contributed by atoms with van der Waals surface area (Å²) >= 11 is 0. The molecule has 0 aliphatic rings. The summed E-state index contributed by atoms with van der Waals surface area (Å²) in [6.07, 6.45) is 1.07. The summed E-state index contributed by atoms with van der Waals surface area (Å²) in [6, 6.07) is 5.47. The van der Waals surface area contributed by atoms with Crippen molar-refractivity contribution in [2.24, 2.45) is 0 Å². The van der Waals surface area contributed by atoms with Gasteiger partial charge in [-0.05, 0) is 19.1 Å². The second-order valence-corrected chi connectivity index (χ2v) is 4.31. The SMILES string of the molecule is C[C@@H](O)CNc1c(NCc2ccccn2)c(=O)c1=O. The second-order valence-electron chi connectivity index (χ2n) is 4.31. The van der Waals surface area contributed by atoms with E-state index in [0.29, 0.717) is 6.54 Å². The fourth-order valence-electron chi connectivity index (χ4n) is 1.66. The molecule has 100 valence electrons. The molecule has 2 aromatic rings. The van der Waals surface area contributed by atoms with Crippen LogP contribution in [0.5, 0.6) is 0 Å². The predicted octanol–water partition coefficient (Wildman–Crippen LogP) is 0.0824. The molecule has 0 spiro atoms. The van der Waals surface area contributed by atoms with Crippen LogP contribution in [0.3, 0.4) is 0 Å². The van der Waals surface area contributed by atoms with Crippen LogP contribution in [0.25, 0.3) is 0 Å². The molecule has 6 heteroatoms. The Morgan fingerprint density at radius 2 is 1.89 bits per heavy atom. The van der Waals surface area contributed by atoms with Crippen molar-refractivity contribution in [1.82, 2.24) is 4.98 Å². The minimum atomic E-state index is -0.590. The van der Waals surface area contributed by atoms with Gasteiger partial charge in [-0.15, -0.1) is 0 Å². The Morgan fingerprint density at radius 3 is 2.47 bits per heavy atom. The quantitative estimate of drug-likeness (QED) is 0.638. The van der Waals surface area contributed by atoms with E-state index in [0.717, 1.165) is 5.69 Å². The van der Waals surface area contributed by atoms with Crippen LogP contribution >= 0.6 is 0 Å². The lowest BCUT2D eigenvalue weighted by molar-refractivity contribution is 0.208. The lowest BCUT2D eigenvalue weighted by Gasteiger charge is -2.15. The highest BCUT2D eigenvalue weighted by atomic mass is 16.3. The molecular weight excluding hydrogens is 246 g/mol. The van der Waals surface area contributed by atoms with Crippen LogP contribution in [-0.2, 0) is 6.54 Å². The number of aliphatic hydroxyl groups excluding tert-OH is 1. The molecule has 0 bridgehead atoms. The molecule has 1 aromatic heterocycles. The van der Waals surface area contributed by atoms with Crippen LogP contribution in [-0.4, -0.2) is 22.7 Å². The van der Waals surface area contributed by atoms with Crippen molar-refractivity contribution in [2.45, 2.75) is 19.6 Å². The van der Waals surface area contributed by atoms with Gasteiger partial charge in [-0.2, -0.15) is 0 Å². The van der Waals surface area contributed by atoms with Crippen molar-refractivity contribution >= 4 is 11.4 Å². The molecule has 1 aromatic carbocycles. The van der Waals surface area contributed by atoms with Gasteiger partial charge in [0.1, 0.15) is 11.4 Å². The van der Waals surface area contributed by atoms with Gasteiger partial charge >= 0.3 is 0 Å². The number of hydrogen-bond donors (Lipinski definition) is 3. The normalized spacial score (nSPS) is 12.3. The maximum atomic E-state index is 11.4. The third kappa shape index (κ3) is 2.97. The molecule has 1 atom stereocenters. The Labute approximate surface area is 109 Å². The molecule has 19 heavy (non-hydrogen) atoms. The summed E-state index contributed by atoms with van der Waals surface area (Å²) in [5.74, 6) is 0. The lowest BCUT2D eigenvalue weighted by Crippen LogP contribution is -2.38. The first-order chi connectivity index (χ1) is 9.09. The van der Waals surface area contributed by atoms with Gasteiger partial charge in [0.2, 0.25) is 0 Å². The highest BCUT2D eigenvalue weighted by Gasteiger charge is 2.20. The van der Waals surface area contributed by atoms with Crippen LogP contribution in [0.4, 0.5) is 11.4 Å². The van der Waals surface area contributed by atoms with E-state index in [1.54, 1.807) is 19.2 Å². The van der Waals surface area contributed by atoms with E-state index < -0.39 is 17.0 Å². The summed E-state index contributed by atoms with van der Waals surface area (Å²) in [4.78, 5) is 26.9. The molecule has 1 heterocycles. The Morgan fingerprint density at radius 1 is 1.21 bits per heavy atom. The molecule has 0 saturated carbocycles. The van der Waals surface area contributed by atoms with E-state index in [1.165, 1.54) is 0 Å². The fraction of sp³-hybridized carbons (Fsp3) is 0.308. The molecule has 0 aliphatic heterocycles. The third-order valence-corrected chi connectivity index (χ3v) is 2.66. The van der Waals surface area contributed by atoms with Crippen molar-refractivity contribution in [1.29, 1.82) is 0 Å². The summed E-state index contributed by atoms with van der Waals surface area (Å²) in [5, 5.41) is 14.8. The minimum absolute atomic E-state index is 0.225. The van der Waals surface area contributed by atoms with Crippen LogP contribution < -0.4 is 21.5 Å². The first kappa shape index (κ1) is 13.2. The first-order valence-corrected chi connectivity index (χ1v) is 5.98. The number of rotatable bonds is 6. The average Bonchev–Trinajstić information content (AvgIpc) is 2.42. The van der Waals surface area contributed by atoms with Crippen molar-refractivity contribution in [2.75, 3.05) is 17.2 Å². The van der Waals surface area contributed by atoms with Crippen molar-refractivity contribution < 1.29 is 5.11 Å². The number of hydrogen-bond acceptors (Lipinski definition) is 6. The van der Waals surface area contributed by atoms with Crippen LogP contribution in [0, 0.1) is 0 Å². The summed E-state index contributed by atoms with van der Waals surface area (Å²) in [6.45, 7) is 2.19. The van der Waals surface area contributed by atoms with E-state index in [9.17, 15) is 9.59 Å². The standard InChI is InChI=1S/C13H15N3O3/c1-8(17)6-15-10-11(13(19)12(10)18)16-7-9-4-2-3-5-14-9/h2-5,8,15-17H,6-7H2,1H3/t8-/m1/s1. The number of aliphatic hydroxyl groups is 1. The molecule has 3 N–H and O–H groups in total. The Kier molecular flexibility index (Phi) is 3.91. The largest absolute Gasteiger partial charge is 0.392 e. The smallest absolute Gasteiger partial charge is 0.253 e. The number of nitrogens with one attached hydrogen (secondary N) is 2. The Bertz CT molecular complexity index is 616. The average molecular weight is 261 g/mol. The van der Waals surface area contributed by atoms with Crippen LogP contribution in [0.2, 0.25) is 0 Å². The number of nitrogens with zero attached hydrogens (tertiary/aromatic N) is 1. The van der Waals surface area contributed by atoms with Crippen LogP contribution in [0.1, 0.15) is 12.6 Å². The van der Waals surface area contributed by atoms with Crippen molar-refractivity contribution in [3.8, 4) is 0 Å². The van der Waals surface area contributed by atoms with Gasteiger partial charge in [-0.3, -0.25) is 14.6 Å². The molecule has 2 rings (SSSR count). The highest BCUT2D eigenvalue weighted by Crippen LogP contribution is 2.15. The maximum absolute atomic E-state index is 11.4. The van der Waals surface area contributed by atoms with E-state index in [4.69, 9.17) is 5.11 Å². The number of anilines is 2. The molecule has 0 radical (unpaired) electrons. The number of pyridine rings is 1. The minimum Gasteiger partial charge on any atom is -0.392 e. The summed E-state index contributed by atoms with van der Waals surface area (Å²) < 4.78 is 0. The van der Waals surface area contributed by atoms with E-state index in [1.807, 2.05) is 12.1 Å². The van der Waals surface area contributed by atoms with Gasteiger partial charge in [0.15, 0.2) is 0 Å². The molecule has 6 nitrogen and oxygen atoms in total. The summed E-state index contributed by atoms with van der Waals surface area (Å²) in [5.41, 5.74) is 0.184. The molecule has 0 saturated heterocycles. The number of aromatic nitrogens is 1. The van der Waals surface area contributed by atoms with Gasteiger partial charge in [-0.25, -0.2) is 0 Å². The predicted molar refractivity (Wildman–Crippen MR) is 73.1 cm³/mol. The molecule has 0 fully saturated rings. The third-order valence-electron chi connectivity index (χ3n) is 2.66. The zero-order chi connectivity index (χ0) is 13.8. The molecule has 0 unspecified atom stereocenters. The van der Waals surface area contributed by atoms with Gasteiger partial charge in [-0.1, -0.05) is 6.07 Å². The molecule has 0 aliphatic carbocycles. The van der Waals surface area contributed by atoms with Crippen molar-refractivity contribution in [3.63, 3.8) is 0 Å². The van der Waals surface area contributed by atoms with Gasteiger partial charge < -0.3 is 15.7 Å². The zero-order valence-corrected chi connectivity index (χ0v) is 10.5. The van der Waals surface area contributed by atoms with E-state index in [2.05, 4.69) is 15.6 Å². The molecule has 0 amide bonds. The topological polar surface area (TPSA) is 91.3 Å². The van der Waals surface area contributed by atoms with Crippen molar-refractivity contribution in [3.05, 3.63) is 50.5 Å². The van der Waals surface area contributed by atoms with E-state index in [-0.39, 0.29) is 17.9 Å². The fourth-order valence-corrected chi connectivity index (χ4v) is 1.66. The Balaban J connectivity index is 2.03.